The number of carboxylic acid groups (broad SMARTS) is 1. The fraction of sp³-hybridized carbons (Fsp3) is 0.143. The highest BCUT2D eigenvalue weighted by atomic mass is 32.1. The highest BCUT2D eigenvalue weighted by molar-refractivity contribution is 7.12. The summed E-state index contributed by atoms with van der Waals surface area (Å²) in [4.78, 5) is 22.1. The van der Waals surface area contributed by atoms with Crippen LogP contribution in [0.5, 0.6) is 5.75 Å². The van der Waals surface area contributed by atoms with Crippen LogP contribution >= 0.6 is 11.3 Å². The number of hydrogen-bond acceptors (Lipinski definition) is 4. The quantitative estimate of drug-likeness (QED) is 0.681. The molecule has 1 aromatic rings. The molecule has 0 aliphatic carbocycles. The van der Waals surface area contributed by atoms with E-state index in [4.69, 9.17) is 9.84 Å². The monoisotopic (exact) mass is 199 g/mol. The van der Waals surface area contributed by atoms with Gasteiger partial charge in [0, 0.05) is 0 Å². The van der Waals surface area contributed by atoms with Gasteiger partial charge in [-0.1, -0.05) is 0 Å². The van der Waals surface area contributed by atoms with Gasteiger partial charge in [0.15, 0.2) is 0 Å². The lowest BCUT2D eigenvalue weighted by atomic mass is 10.3. The maximum absolute atomic E-state index is 11.2. The van der Waals surface area contributed by atoms with E-state index in [1.165, 1.54) is 11.3 Å². The number of aliphatic carboxylic acids is 1. The summed E-state index contributed by atoms with van der Waals surface area (Å²) in [7, 11) is 0. The van der Waals surface area contributed by atoms with Gasteiger partial charge in [0.1, 0.15) is 10.6 Å². The number of ether oxygens (including phenoxy) is 1. The smallest absolute Gasteiger partial charge is 0.366 e. The minimum atomic E-state index is -1.27. The lowest BCUT2D eigenvalue weighted by molar-refractivity contribution is -0.146. The molecule has 0 fully saturated rings. The first-order chi connectivity index (χ1) is 6.18. The number of nitrogens with one attached hydrogen (secondary N) is 1. The van der Waals surface area contributed by atoms with E-state index < -0.39 is 18.1 Å². The van der Waals surface area contributed by atoms with Crippen LogP contribution in [0.25, 0.3) is 0 Å². The molecular weight excluding hydrogens is 194 g/mol. The molecule has 5 nitrogen and oxygen atoms in total. The minimum Gasteiger partial charge on any atom is -0.477 e. The Morgan fingerprint density at radius 1 is 1.69 bits per heavy atom. The maximum Gasteiger partial charge on any atom is 0.366 e. The van der Waals surface area contributed by atoms with E-state index in [-0.39, 0.29) is 0 Å². The van der Waals surface area contributed by atoms with Crippen molar-refractivity contribution in [2.24, 2.45) is 0 Å². The predicted octanol–water partition coefficient (Wildman–Crippen LogP) is 0.281. The van der Waals surface area contributed by atoms with Crippen LogP contribution in [0.3, 0.4) is 0 Å². The van der Waals surface area contributed by atoms with Crippen LogP contribution in [0, 0.1) is 0 Å². The molecule has 13 heavy (non-hydrogen) atoms. The van der Waals surface area contributed by atoms with Crippen LogP contribution in [-0.4, -0.2) is 23.2 Å². The number of fused-ring (bicyclic) bond motifs is 1. The average Bonchev–Trinajstić information content (AvgIpc) is 2.51. The van der Waals surface area contributed by atoms with Gasteiger partial charge in [0.2, 0.25) is 0 Å². The molecule has 1 amide bonds. The van der Waals surface area contributed by atoms with Crippen LogP contribution < -0.4 is 10.1 Å². The lowest BCUT2D eigenvalue weighted by Crippen LogP contribution is -2.47. The standard InChI is InChI=1S/C7H5NO4S/c9-5-4-3(1-2-13-4)12-6(8-5)7(10)11/h1-2,6H,(H,8,9)(H,10,11). The second-order valence-electron chi connectivity index (χ2n) is 2.42. The SMILES string of the molecule is O=C1NC(C(=O)O)Oc2ccsc21. The average molecular weight is 199 g/mol. The van der Waals surface area contributed by atoms with Crippen LogP contribution in [0.1, 0.15) is 9.67 Å². The van der Waals surface area contributed by atoms with Gasteiger partial charge >= 0.3 is 5.97 Å². The first-order valence-electron chi connectivity index (χ1n) is 3.46. The van der Waals surface area contributed by atoms with E-state index in [0.29, 0.717) is 10.6 Å². The van der Waals surface area contributed by atoms with Crippen molar-refractivity contribution in [3.05, 3.63) is 16.3 Å². The summed E-state index contributed by atoms with van der Waals surface area (Å²) in [6.45, 7) is 0. The van der Waals surface area contributed by atoms with Gasteiger partial charge in [-0.15, -0.1) is 11.3 Å². The zero-order valence-electron chi connectivity index (χ0n) is 6.31. The van der Waals surface area contributed by atoms with Crippen molar-refractivity contribution < 1.29 is 19.4 Å². The molecule has 68 valence electrons. The molecule has 0 radical (unpaired) electrons. The molecule has 2 rings (SSSR count). The Bertz CT molecular complexity index is 372. The third kappa shape index (κ3) is 1.25. The zero-order chi connectivity index (χ0) is 9.42. The molecule has 0 saturated heterocycles. The Hall–Kier alpha value is -1.56. The molecule has 1 unspecified atom stereocenters. The van der Waals surface area contributed by atoms with Gasteiger partial charge in [-0.25, -0.2) is 4.79 Å². The van der Waals surface area contributed by atoms with Crippen LogP contribution in [0.15, 0.2) is 11.4 Å². The van der Waals surface area contributed by atoms with Crippen molar-refractivity contribution in [1.29, 1.82) is 0 Å². The van der Waals surface area contributed by atoms with E-state index in [1.54, 1.807) is 11.4 Å². The van der Waals surface area contributed by atoms with Crippen molar-refractivity contribution in [3.8, 4) is 5.75 Å². The molecule has 1 aromatic heterocycles. The summed E-state index contributed by atoms with van der Waals surface area (Å²) in [5.74, 6) is -1.27. The van der Waals surface area contributed by atoms with Gasteiger partial charge in [-0.05, 0) is 11.4 Å². The number of carbonyl (C=O) groups is 2. The molecule has 6 heteroatoms. The maximum atomic E-state index is 11.2. The number of thiophene rings is 1. The van der Waals surface area contributed by atoms with Crippen molar-refractivity contribution in [3.63, 3.8) is 0 Å². The van der Waals surface area contributed by atoms with Gasteiger partial charge in [0.25, 0.3) is 12.1 Å². The lowest BCUT2D eigenvalue weighted by Gasteiger charge is -2.20. The molecule has 0 aromatic carbocycles. The molecule has 1 atom stereocenters. The van der Waals surface area contributed by atoms with Gasteiger partial charge in [0.05, 0.1) is 0 Å². The van der Waals surface area contributed by atoms with Gasteiger partial charge < -0.3 is 15.2 Å². The summed E-state index contributed by atoms with van der Waals surface area (Å²) in [5.41, 5.74) is 0. The summed E-state index contributed by atoms with van der Waals surface area (Å²) in [5, 5.41) is 12.5. The van der Waals surface area contributed by atoms with Crippen molar-refractivity contribution >= 4 is 23.2 Å². The Morgan fingerprint density at radius 3 is 3.15 bits per heavy atom. The fourth-order valence-electron chi connectivity index (χ4n) is 1.01. The summed E-state index contributed by atoms with van der Waals surface area (Å²) in [6, 6.07) is 1.58. The van der Waals surface area contributed by atoms with E-state index in [9.17, 15) is 9.59 Å². The van der Waals surface area contributed by atoms with Gasteiger partial charge in [-0.2, -0.15) is 0 Å². The van der Waals surface area contributed by atoms with E-state index in [2.05, 4.69) is 5.32 Å². The van der Waals surface area contributed by atoms with Crippen LogP contribution in [-0.2, 0) is 4.79 Å². The largest absolute Gasteiger partial charge is 0.477 e. The number of rotatable bonds is 1. The van der Waals surface area contributed by atoms with Crippen molar-refractivity contribution in [2.45, 2.75) is 6.23 Å². The summed E-state index contributed by atoms with van der Waals surface area (Å²) < 4.78 is 4.98. The predicted molar refractivity (Wildman–Crippen MR) is 43.8 cm³/mol. The number of amides is 1. The Kier molecular flexibility index (Phi) is 1.70. The van der Waals surface area contributed by atoms with E-state index in [1.807, 2.05) is 0 Å². The Morgan fingerprint density at radius 2 is 2.46 bits per heavy atom. The van der Waals surface area contributed by atoms with Crippen molar-refractivity contribution in [2.75, 3.05) is 0 Å². The number of carboxylic acids is 1. The van der Waals surface area contributed by atoms with Gasteiger partial charge in [-0.3, -0.25) is 4.79 Å². The third-order valence-electron chi connectivity index (χ3n) is 1.57. The summed E-state index contributed by atoms with van der Waals surface area (Å²) in [6.07, 6.45) is -1.27. The molecule has 0 saturated carbocycles. The molecule has 2 N–H and O–H groups in total. The Balaban J connectivity index is 2.34. The Labute approximate surface area is 76.9 Å². The zero-order valence-corrected chi connectivity index (χ0v) is 7.13. The second kappa shape index (κ2) is 2.74. The molecule has 2 heterocycles. The first kappa shape index (κ1) is 8.06. The highest BCUT2D eigenvalue weighted by Crippen LogP contribution is 2.28. The van der Waals surface area contributed by atoms with Crippen LogP contribution in [0.2, 0.25) is 0 Å². The first-order valence-corrected chi connectivity index (χ1v) is 4.34. The highest BCUT2D eigenvalue weighted by Gasteiger charge is 2.30. The molecule has 1 aliphatic heterocycles. The molecular formula is C7H5NO4S. The second-order valence-corrected chi connectivity index (χ2v) is 3.34. The summed E-state index contributed by atoms with van der Waals surface area (Å²) >= 11 is 1.22. The molecule has 0 bridgehead atoms. The van der Waals surface area contributed by atoms with E-state index >= 15 is 0 Å². The fourth-order valence-corrected chi connectivity index (χ4v) is 1.74. The minimum absolute atomic E-state index is 0.334. The topological polar surface area (TPSA) is 75.6 Å². The molecule has 0 spiro atoms. The van der Waals surface area contributed by atoms with Crippen LogP contribution in [0.4, 0.5) is 0 Å². The number of hydrogen-bond donors (Lipinski definition) is 2. The normalized spacial score (nSPS) is 20.0. The van der Waals surface area contributed by atoms with E-state index in [0.717, 1.165) is 0 Å². The van der Waals surface area contributed by atoms with Crippen molar-refractivity contribution in [1.82, 2.24) is 5.32 Å². The molecule has 1 aliphatic rings. The number of carbonyl (C=O) groups excluding carboxylic acids is 1. The third-order valence-corrected chi connectivity index (χ3v) is 2.46.